The van der Waals surface area contributed by atoms with Crippen molar-refractivity contribution in [2.45, 2.75) is 0 Å². The molecule has 1 nitrogen and oxygen atoms in total. The lowest BCUT2D eigenvalue weighted by Crippen LogP contribution is -2.03. The van der Waals surface area contributed by atoms with Crippen molar-refractivity contribution >= 4 is 5.69 Å². The van der Waals surface area contributed by atoms with E-state index in [9.17, 15) is 17.6 Å². The van der Waals surface area contributed by atoms with E-state index in [4.69, 9.17) is 0 Å². The van der Waals surface area contributed by atoms with Gasteiger partial charge in [0.15, 0.2) is 23.3 Å². The van der Waals surface area contributed by atoms with Gasteiger partial charge in [-0.3, -0.25) is 0 Å². The fraction of sp³-hybridized carbons (Fsp3) is 0.250. The van der Waals surface area contributed by atoms with Crippen molar-refractivity contribution < 1.29 is 17.6 Å². The van der Waals surface area contributed by atoms with E-state index < -0.39 is 29.0 Å². The molecule has 70 valence electrons. The first kappa shape index (κ1) is 8.34. The summed E-state index contributed by atoms with van der Waals surface area (Å²) < 4.78 is 51.0. The minimum Gasteiger partial charge on any atom is -0.363 e. The summed E-state index contributed by atoms with van der Waals surface area (Å²) in [6, 6.07) is 0.206. The van der Waals surface area contributed by atoms with E-state index >= 15 is 0 Å². The molecule has 0 amide bonds. The SMILES string of the molecule is Fc1cc(F)c(F)c(N2CC2)c1F. The summed E-state index contributed by atoms with van der Waals surface area (Å²) in [6.45, 7) is 0.855. The highest BCUT2D eigenvalue weighted by Gasteiger charge is 2.29. The van der Waals surface area contributed by atoms with Crippen molar-refractivity contribution in [3.05, 3.63) is 29.3 Å². The first-order valence-corrected chi connectivity index (χ1v) is 3.69. The summed E-state index contributed by atoms with van der Waals surface area (Å²) in [5.74, 6) is -5.37. The molecule has 0 atom stereocenters. The van der Waals surface area contributed by atoms with Crippen LogP contribution in [0.2, 0.25) is 0 Å². The fourth-order valence-electron chi connectivity index (χ4n) is 1.11. The summed E-state index contributed by atoms with van der Waals surface area (Å²) in [5, 5.41) is 0. The van der Waals surface area contributed by atoms with Crippen LogP contribution < -0.4 is 4.90 Å². The Morgan fingerprint density at radius 1 is 0.923 bits per heavy atom. The average Bonchev–Trinajstić information content (AvgIpc) is 2.85. The van der Waals surface area contributed by atoms with E-state index in [0.717, 1.165) is 0 Å². The summed E-state index contributed by atoms with van der Waals surface area (Å²) in [6.07, 6.45) is 0. The highest BCUT2D eigenvalue weighted by Crippen LogP contribution is 2.31. The van der Waals surface area contributed by atoms with Crippen LogP contribution in [0.3, 0.4) is 0 Å². The molecular formula is C8H5F4N. The van der Waals surface area contributed by atoms with Crippen LogP contribution in [-0.4, -0.2) is 13.1 Å². The van der Waals surface area contributed by atoms with Crippen molar-refractivity contribution in [2.24, 2.45) is 0 Å². The van der Waals surface area contributed by atoms with Crippen LogP contribution in [0, 0.1) is 23.3 Å². The monoisotopic (exact) mass is 191 g/mol. The van der Waals surface area contributed by atoms with Gasteiger partial charge in [0, 0.05) is 19.2 Å². The maximum absolute atomic E-state index is 12.9. The highest BCUT2D eigenvalue weighted by molar-refractivity contribution is 5.54. The van der Waals surface area contributed by atoms with Crippen molar-refractivity contribution in [1.29, 1.82) is 0 Å². The summed E-state index contributed by atoms with van der Waals surface area (Å²) in [4.78, 5) is 1.22. The van der Waals surface area contributed by atoms with E-state index in [1.54, 1.807) is 0 Å². The minimum atomic E-state index is -1.36. The number of halogens is 4. The molecule has 0 bridgehead atoms. The average molecular weight is 191 g/mol. The molecule has 1 fully saturated rings. The molecule has 1 aromatic carbocycles. The van der Waals surface area contributed by atoms with Gasteiger partial charge in [-0.05, 0) is 0 Å². The molecule has 1 aromatic rings. The lowest BCUT2D eigenvalue weighted by Gasteiger charge is -2.06. The Kier molecular flexibility index (Phi) is 1.68. The van der Waals surface area contributed by atoms with Crippen molar-refractivity contribution in [3.63, 3.8) is 0 Å². The lowest BCUT2D eigenvalue weighted by atomic mass is 10.2. The second kappa shape index (κ2) is 2.61. The zero-order chi connectivity index (χ0) is 9.59. The van der Waals surface area contributed by atoms with Gasteiger partial charge in [0.1, 0.15) is 5.69 Å². The van der Waals surface area contributed by atoms with E-state index in [0.29, 0.717) is 13.1 Å². The van der Waals surface area contributed by atoms with Crippen LogP contribution in [0.25, 0.3) is 0 Å². The highest BCUT2D eigenvalue weighted by atomic mass is 19.2. The van der Waals surface area contributed by atoms with Gasteiger partial charge >= 0.3 is 0 Å². The van der Waals surface area contributed by atoms with Gasteiger partial charge in [-0.15, -0.1) is 0 Å². The molecule has 0 aromatic heterocycles. The maximum Gasteiger partial charge on any atom is 0.185 e. The van der Waals surface area contributed by atoms with Crippen LogP contribution >= 0.6 is 0 Å². The third-order valence-electron chi connectivity index (χ3n) is 1.85. The number of anilines is 1. The molecule has 0 saturated carbocycles. The Bertz CT molecular complexity index is 333. The van der Waals surface area contributed by atoms with Gasteiger partial charge in [-0.1, -0.05) is 0 Å². The summed E-state index contributed by atoms with van der Waals surface area (Å²) >= 11 is 0. The molecule has 0 spiro atoms. The normalized spacial score (nSPS) is 14.9. The predicted molar refractivity (Wildman–Crippen MR) is 38.5 cm³/mol. The molecule has 5 heteroatoms. The second-order valence-electron chi connectivity index (χ2n) is 2.80. The van der Waals surface area contributed by atoms with Gasteiger partial charge in [-0.25, -0.2) is 17.6 Å². The largest absolute Gasteiger partial charge is 0.363 e. The van der Waals surface area contributed by atoms with E-state index in [-0.39, 0.29) is 6.07 Å². The van der Waals surface area contributed by atoms with Gasteiger partial charge in [0.2, 0.25) is 0 Å². The number of rotatable bonds is 1. The van der Waals surface area contributed by atoms with Crippen LogP contribution in [0.15, 0.2) is 6.07 Å². The van der Waals surface area contributed by atoms with E-state index in [1.165, 1.54) is 4.90 Å². The first-order chi connectivity index (χ1) is 6.11. The van der Waals surface area contributed by atoms with Crippen LogP contribution in [-0.2, 0) is 0 Å². The Morgan fingerprint density at radius 2 is 1.38 bits per heavy atom. The van der Waals surface area contributed by atoms with Crippen molar-refractivity contribution in [1.82, 2.24) is 0 Å². The van der Waals surface area contributed by atoms with Crippen LogP contribution in [0.5, 0.6) is 0 Å². The van der Waals surface area contributed by atoms with E-state index in [2.05, 4.69) is 0 Å². The molecule has 0 N–H and O–H groups in total. The van der Waals surface area contributed by atoms with Crippen LogP contribution in [0.4, 0.5) is 23.2 Å². The van der Waals surface area contributed by atoms with Crippen LogP contribution in [0.1, 0.15) is 0 Å². The quantitative estimate of drug-likeness (QED) is 0.373. The Balaban J connectivity index is 2.62. The van der Waals surface area contributed by atoms with Crippen molar-refractivity contribution in [3.8, 4) is 0 Å². The number of hydrogen-bond donors (Lipinski definition) is 0. The minimum absolute atomic E-state index is 0.206. The summed E-state index contributed by atoms with van der Waals surface area (Å²) in [7, 11) is 0. The number of nitrogens with zero attached hydrogens (tertiary/aromatic N) is 1. The van der Waals surface area contributed by atoms with Gasteiger partial charge < -0.3 is 4.90 Å². The Labute approximate surface area is 71.6 Å². The Hall–Kier alpha value is -1.26. The standard InChI is InChI=1S/C8H5F4N/c9-4-3-5(10)7(12)8(6(4)11)13-1-2-13/h3H,1-2H2. The molecule has 0 unspecified atom stereocenters. The van der Waals surface area contributed by atoms with Gasteiger partial charge in [-0.2, -0.15) is 0 Å². The van der Waals surface area contributed by atoms with Crippen molar-refractivity contribution in [2.75, 3.05) is 18.0 Å². The molecule has 2 rings (SSSR count). The molecule has 13 heavy (non-hydrogen) atoms. The molecule has 0 aliphatic carbocycles. The first-order valence-electron chi connectivity index (χ1n) is 3.69. The predicted octanol–water partition coefficient (Wildman–Crippen LogP) is 2.06. The summed E-state index contributed by atoms with van der Waals surface area (Å²) in [5.41, 5.74) is -0.600. The van der Waals surface area contributed by atoms with Gasteiger partial charge in [0.25, 0.3) is 0 Å². The zero-order valence-electron chi connectivity index (χ0n) is 6.45. The molecule has 1 aliphatic heterocycles. The zero-order valence-corrected chi connectivity index (χ0v) is 6.45. The third kappa shape index (κ3) is 1.24. The maximum atomic E-state index is 12.9. The molecule has 1 heterocycles. The molecular weight excluding hydrogens is 186 g/mol. The third-order valence-corrected chi connectivity index (χ3v) is 1.85. The molecule has 1 aliphatic rings. The van der Waals surface area contributed by atoms with E-state index in [1.807, 2.05) is 0 Å². The number of benzene rings is 1. The molecule has 1 saturated heterocycles. The molecule has 0 radical (unpaired) electrons. The van der Waals surface area contributed by atoms with Gasteiger partial charge in [0.05, 0.1) is 0 Å². The smallest absolute Gasteiger partial charge is 0.185 e. The lowest BCUT2D eigenvalue weighted by molar-refractivity contribution is 0.457. The fourth-order valence-corrected chi connectivity index (χ4v) is 1.11. The number of hydrogen-bond acceptors (Lipinski definition) is 1. The second-order valence-corrected chi connectivity index (χ2v) is 2.80. The Morgan fingerprint density at radius 3 is 1.77 bits per heavy atom. The topological polar surface area (TPSA) is 3.01 Å².